The van der Waals surface area contributed by atoms with Gasteiger partial charge in [0.2, 0.25) is 17.5 Å². The van der Waals surface area contributed by atoms with Gasteiger partial charge in [0.1, 0.15) is 28.6 Å². The molecule has 0 N–H and O–H groups in total. The van der Waals surface area contributed by atoms with Crippen LogP contribution in [0.5, 0.6) is 0 Å². The number of anilines is 1. The van der Waals surface area contributed by atoms with Gasteiger partial charge in [0.15, 0.2) is 5.76 Å². The number of oxazole rings is 1. The molecule has 4 rings (SSSR count). The summed E-state index contributed by atoms with van der Waals surface area (Å²) in [5.74, 6) is 1.79. The van der Waals surface area contributed by atoms with Crippen LogP contribution in [0.2, 0.25) is 0 Å². The van der Waals surface area contributed by atoms with Crippen LogP contribution in [0.3, 0.4) is 0 Å². The molecule has 0 spiro atoms. The van der Waals surface area contributed by atoms with Gasteiger partial charge in [0.25, 0.3) is 5.89 Å². The SMILES string of the molecule is Cc1nc(C)c(C#N)c(SCC(=O)N2CCN(c3oc(-c4ccco4)nc3C#N)CC2)n1. The zero-order chi connectivity index (χ0) is 22.7. The molecule has 0 radical (unpaired) electrons. The molecule has 10 nitrogen and oxygen atoms in total. The number of thioether (sulfide) groups is 1. The van der Waals surface area contributed by atoms with Gasteiger partial charge in [0.05, 0.1) is 17.7 Å². The number of piperazine rings is 1. The highest BCUT2D eigenvalue weighted by molar-refractivity contribution is 8.00. The number of hydrogen-bond donors (Lipinski definition) is 0. The minimum Gasteiger partial charge on any atom is -0.459 e. The van der Waals surface area contributed by atoms with Gasteiger partial charge >= 0.3 is 0 Å². The summed E-state index contributed by atoms with van der Waals surface area (Å²) >= 11 is 1.25. The molecule has 11 heteroatoms. The van der Waals surface area contributed by atoms with Crippen LogP contribution in [0.1, 0.15) is 22.8 Å². The summed E-state index contributed by atoms with van der Waals surface area (Å²) in [6.07, 6.45) is 1.51. The van der Waals surface area contributed by atoms with Crippen LogP contribution in [-0.2, 0) is 4.79 Å². The molecule has 3 aromatic heterocycles. The van der Waals surface area contributed by atoms with Gasteiger partial charge in [0, 0.05) is 26.2 Å². The first-order valence-corrected chi connectivity index (χ1v) is 10.8. The van der Waals surface area contributed by atoms with E-state index < -0.39 is 0 Å². The van der Waals surface area contributed by atoms with Gasteiger partial charge in [-0.05, 0) is 26.0 Å². The zero-order valence-corrected chi connectivity index (χ0v) is 18.3. The molecule has 1 saturated heterocycles. The van der Waals surface area contributed by atoms with E-state index in [1.54, 1.807) is 30.9 Å². The Morgan fingerprint density at radius 3 is 2.59 bits per heavy atom. The molecule has 1 fully saturated rings. The van der Waals surface area contributed by atoms with Crippen molar-refractivity contribution in [3.63, 3.8) is 0 Å². The van der Waals surface area contributed by atoms with Crippen molar-refractivity contribution in [1.29, 1.82) is 10.5 Å². The third-order valence-corrected chi connectivity index (χ3v) is 5.94. The third-order valence-electron chi connectivity index (χ3n) is 4.98. The largest absolute Gasteiger partial charge is 0.459 e. The van der Waals surface area contributed by atoms with Gasteiger partial charge in [-0.25, -0.2) is 9.97 Å². The average Bonchev–Trinajstić information content (AvgIpc) is 3.47. The second kappa shape index (κ2) is 9.12. The number of hydrogen-bond acceptors (Lipinski definition) is 10. The van der Waals surface area contributed by atoms with Crippen molar-refractivity contribution < 1.29 is 13.6 Å². The Hall–Kier alpha value is -3.83. The van der Waals surface area contributed by atoms with Crippen molar-refractivity contribution in [2.24, 2.45) is 0 Å². The molecule has 0 aromatic carbocycles. The summed E-state index contributed by atoms with van der Waals surface area (Å²) in [5, 5.41) is 19.3. The highest BCUT2D eigenvalue weighted by atomic mass is 32.2. The molecular formula is C21H19N7O3S. The number of carbonyl (C=O) groups excluding carboxylic acids is 1. The summed E-state index contributed by atoms with van der Waals surface area (Å²) in [6, 6.07) is 7.60. The van der Waals surface area contributed by atoms with Crippen LogP contribution in [-0.4, -0.2) is 57.7 Å². The van der Waals surface area contributed by atoms with Gasteiger partial charge in [-0.1, -0.05) is 11.8 Å². The number of carbonyl (C=O) groups is 1. The Labute approximate surface area is 188 Å². The zero-order valence-electron chi connectivity index (χ0n) is 17.5. The molecule has 0 bridgehead atoms. The van der Waals surface area contributed by atoms with E-state index in [1.807, 2.05) is 4.90 Å². The normalized spacial score (nSPS) is 13.6. The highest BCUT2D eigenvalue weighted by Gasteiger charge is 2.27. The van der Waals surface area contributed by atoms with E-state index in [0.717, 1.165) is 0 Å². The lowest BCUT2D eigenvalue weighted by molar-refractivity contribution is -0.128. The van der Waals surface area contributed by atoms with Crippen LogP contribution in [0, 0.1) is 36.5 Å². The first kappa shape index (κ1) is 21.4. The molecule has 0 saturated carbocycles. The van der Waals surface area contributed by atoms with E-state index >= 15 is 0 Å². The molecule has 1 aliphatic rings. The minimum absolute atomic E-state index is 0.0400. The van der Waals surface area contributed by atoms with Crippen molar-refractivity contribution in [1.82, 2.24) is 19.9 Å². The van der Waals surface area contributed by atoms with Gasteiger partial charge in [-0.3, -0.25) is 4.79 Å². The summed E-state index contributed by atoms with van der Waals surface area (Å²) in [6.45, 7) is 5.49. The molecule has 0 unspecified atom stereocenters. The Kier molecular flexibility index (Phi) is 6.10. The number of amides is 1. The molecule has 1 amide bonds. The minimum atomic E-state index is -0.0400. The number of rotatable bonds is 5. The Bertz CT molecular complexity index is 1220. The Morgan fingerprint density at radius 1 is 1.16 bits per heavy atom. The van der Waals surface area contributed by atoms with Crippen LogP contribution < -0.4 is 4.90 Å². The molecule has 0 atom stereocenters. The highest BCUT2D eigenvalue weighted by Crippen LogP contribution is 2.29. The van der Waals surface area contributed by atoms with Crippen LogP contribution in [0.4, 0.5) is 5.88 Å². The summed E-state index contributed by atoms with van der Waals surface area (Å²) < 4.78 is 11.1. The Morgan fingerprint density at radius 2 is 1.94 bits per heavy atom. The van der Waals surface area contributed by atoms with Crippen molar-refractivity contribution in [3.8, 4) is 23.8 Å². The van der Waals surface area contributed by atoms with Crippen LogP contribution in [0.25, 0.3) is 11.7 Å². The maximum atomic E-state index is 12.7. The molecule has 32 heavy (non-hydrogen) atoms. The average molecular weight is 449 g/mol. The monoisotopic (exact) mass is 449 g/mol. The maximum absolute atomic E-state index is 12.7. The number of nitrogens with zero attached hydrogens (tertiary/aromatic N) is 7. The van der Waals surface area contributed by atoms with Gasteiger partial charge in [-0.15, -0.1) is 0 Å². The van der Waals surface area contributed by atoms with E-state index in [9.17, 15) is 15.3 Å². The summed E-state index contributed by atoms with van der Waals surface area (Å²) in [7, 11) is 0. The van der Waals surface area contributed by atoms with Crippen LogP contribution >= 0.6 is 11.8 Å². The molecule has 0 aliphatic carbocycles. The maximum Gasteiger partial charge on any atom is 0.266 e. The van der Waals surface area contributed by atoms with E-state index in [1.165, 1.54) is 18.0 Å². The first-order valence-electron chi connectivity index (χ1n) is 9.85. The first-order chi connectivity index (χ1) is 15.5. The van der Waals surface area contributed by atoms with E-state index in [4.69, 9.17) is 8.83 Å². The third kappa shape index (κ3) is 4.29. The second-order valence-electron chi connectivity index (χ2n) is 7.07. The van der Waals surface area contributed by atoms with Crippen molar-refractivity contribution >= 4 is 23.6 Å². The predicted octanol–water partition coefficient (Wildman–Crippen LogP) is 2.53. The number of nitriles is 2. The van der Waals surface area contributed by atoms with E-state index in [0.29, 0.717) is 59.9 Å². The van der Waals surface area contributed by atoms with Crippen molar-refractivity contribution in [3.05, 3.63) is 41.2 Å². The fourth-order valence-corrected chi connectivity index (χ4v) is 4.38. The smallest absolute Gasteiger partial charge is 0.266 e. The molecule has 4 heterocycles. The lowest BCUT2D eigenvalue weighted by Gasteiger charge is -2.34. The topological polar surface area (TPSA) is 136 Å². The lowest BCUT2D eigenvalue weighted by atomic mass is 10.3. The Balaban J connectivity index is 1.38. The van der Waals surface area contributed by atoms with E-state index in [-0.39, 0.29) is 23.2 Å². The second-order valence-corrected chi connectivity index (χ2v) is 8.03. The van der Waals surface area contributed by atoms with E-state index in [2.05, 4.69) is 27.1 Å². The fourth-order valence-electron chi connectivity index (χ4n) is 3.40. The number of aryl methyl sites for hydroxylation is 2. The molecule has 3 aromatic rings. The molecule has 162 valence electrons. The number of furan rings is 1. The summed E-state index contributed by atoms with van der Waals surface area (Å²) in [5.41, 5.74) is 1.20. The molecule has 1 aliphatic heterocycles. The van der Waals surface area contributed by atoms with Crippen molar-refractivity contribution in [2.45, 2.75) is 18.9 Å². The lowest BCUT2D eigenvalue weighted by Crippen LogP contribution is -2.49. The number of aromatic nitrogens is 3. The van der Waals surface area contributed by atoms with Gasteiger partial charge < -0.3 is 18.6 Å². The van der Waals surface area contributed by atoms with Crippen molar-refractivity contribution in [2.75, 3.05) is 36.8 Å². The molecular weight excluding hydrogens is 430 g/mol. The standard InChI is InChI=1S/C21H19N7O3S/c1-13-15(10-22)20(25-14(2)24-13)32-12-18(29)27-5-7-28(8-6-27)21-16(11-23)26-19(31-21)17-4-3-9-30-17/h3-4,9H,5-8,12H2,1-2H3. The fraction of sp³-hybridized carbons (Fsp3) is 0.333. The van der Waals surface area contributed by atoms with Crippen LogP contribution in [0.15, 0.2) is 32.3 Å². The van der Waals surface area contributed by atoms with Gasteiger partial charge in [-0.2, -0.15) is 15.5 Å². The quantitative estimate of drug-likeness (QED) is 0.422. The summed E-state index contributed by atoms with van der Waals surface area (Å²) in [4.78, 5) is 29.1. The predicted molar refractivity (Wildman–Crippen MR) is 115 cm³/mol.